The highest BCUT2D eigenvalue weighted by atomic mass is 35.5. The lowest BCUT2D eigenvalue weighted by atomic mass is 10.2. The minimum absolute atomic E-state index is 0.146. The lowest BCUT2D eigenvalue weighted by Crippen LogP contribution is -2.18. The third-order valence-electron chi connectivity index (χ3n) is 3.10. The first-order valence-corrected chi connectivity index (χ1v) is 6.69. The van der Waals surface area contributed by atoms with Crippen molar-refractivity contribution < 1.29 is 23.5 Å². The summed E-state index contributed by atoms with van der Waals surface area (Å²) in [6.07, 6.45) is -0.515. The lowest BCUT2D eigenvalue weighted by molar-refractivity contribution is 0.176. The van der Waals surface area contributed by atoms with Crippen LogP contribution in [0.3, 0.4) is 0 Å². The Morgan fingerprint density at radius 3 is 2.82 bits per heavy atom. The maximum absolute atomic E-state index is 11.0. The zero-order valence-corrected chi connectivity index (χ0v) is 12.5. The van der Waals surface area contributed by atoms with Crippen LogP contribution in [0.1, 0.15) is 11.9 Å². The first-order chi connectivity index (χ1) is 10.6. The number of halogens is 1. The van der Waals surface area contributed by atoms with Gasteiger partial charge in [-0.15, -0.1) is 0 Å². The first kappa shape index (κ1) is 14.5. The van der Waals surface area contributed by atoms with Crippen LogP contribution in [-0.2, 0) is 4.74 Å². The van der Waals surface area contributed by atoms with E-state index in [0.29, 0.717) is 27.9 Å². The Morgan fingerprint density at radius 2 is 2.18 bits per heavy atom. The highest BCUT2D eigenvalue weighted by Crippen LogP contribution is 2.38. The minimum Gasteiger partial charge on any atom is -0.493 e. The molecule has 0 aliphatic carbocycles. The first-order valence-electron chi connectivity index (χ1n) is 6.31. The van der Waals surface area contributed by atoms with E-state index in [1.54, 1.807) is 12.1 Å². The average molecular weight is 326 g/mol. The van der Waals surface area contributed by atoms with Gasteiger partial charge in [0.1, 0.15) is 12.6 Å². The monoisotopic (exact) mass is 325 g/mol. The molecule has 1 aliphatic heterocycles. The molecule has 0 radical (unpaired) electrons. The Hall–Kier alpha value is -2.48. The predicted octanol–water partition coefficient (Wildman–Crippen LogP) is 2.19. The largest absolute Gasteiger partial charge is 0.493 e. The van der Waals surface area contributed by atoms with Gasteiger partial charge in [0.15, 0.2) is 11.5 Å². The van der Waals surface area contributed by atoms with Crippen LogP contribution in [0.2, 0.25) is 5.02 Å². The maximum atomic E-state index is 11.0. The molecule has 1 fully saturated rings. The molecule has 1 aromatic heterocycles. The predicted molar refractivity (Wildman–Crippen MR) is 75.1 cm³/mol. The molecule has 3 rings (SSSR count). The van der Waals surface area contributed by atoms with Gasteiger partial charge in [-0.25, -0.2) is 4.79 Å². The van der Waals surface area contributed by atoms with Crippen molar-refractivity contribution in [3.63, 3.8) is 0 Å². The SMILES string of the molecule is COc1cc(-c2noc([C@H]3COC(=O)N3)n2)cc(Cl)c1OC. The van der Waals surface area contributed by atoms with E-state index in [0.717, 1.165) is 0 Å². The van der Waals surface area contributed by atoms with Gasteiger partial charge in [0.2, 0.25) is 5.82 Å². The van der Waals surface area contributed by atoms with Crippen molar-refractivity contribution in [3.8, 4) is 22.9 Å². The Labute approximate surface area is 130 Å². The normalized spacial score (nSPS) is 17.0. The second kappa shape index (κ2) is 5.72. The second-order valence-corrected chi connectivity index (χ2v) is 4.85. The molecular formula is C13H12ClN3O5. The summed E-state index contributed by atoms with van der Waals surface area (Å²) in [5.41, 5.74) is 0.600. The number of carbonyl (C=O) groups excluding carboxylic acids is 1. The van der Waals surface area contributed by atoms with Crippen molar-refractivity contribution in [2.75, 3.05) is 20.8 Å². The maximum Gasteiger partial charge on any atom is 0.407 e. The summed E-state index contributed by atoms with van der Waals surface area (Å²) in [5, 5.41) is 6.80. The molecule has 8 nitrogen and oxygen atoms in total. The number of nitrogens with zero attached hydrogens (tertiary/aromatic N) is 2. The summed E-state index contributed by atoms with van der Waals surface area (Å²) in [7, 11) is 3.00. The van der Waals surface area contributed by atoms with Crippen molar-refractivity contribution in [3.05, 3.63) is 23.0 Å². The summed E-state index contributed by atoms with van der Waals surface area (Å²) >= 11 is 6.15. The lowest BCUT2D eigenvalue weighted by Gasteiger charge is -2.10. The van der Waals surface area contributed by atoms with E-state index >= 15 is 0 Å². The zero-order chi connectivity index (χ0) is 15.7. The second-order valence-electron chi connectivity index (χ2n) is 4.45. The van der Waals surface area contributed by atoms with Crippen LogP contribution in [0, 0.1) is 0 Å². The van der Waals surface area contributed by atoms with Crippen LogP contribution in [0.5, 0.6) is 11.5 Å². The van der Waals surface area contributed by atoms with Crippen molar-refractivity contribution in [1.29, 1.82) is 0 Å². The van der Waals surface area contributed by atoms with Gasteiger partial charge in [-0.2, -0.15) is 4.98 Å². The molecule has 116 valence electrons. The summed E-state index contributed by atoms with van der Waals surface area (Å²) in [5.74, 6) is 1.45. The number of benzene rings is 1. The Kier molecular flexibility index (Phi) is 3.76. The summed E-state index contributed by atoms with van der Waals surface area (Å²) in [6, 6.07) is 2.87. The molecular weight excluding hydrogens is 314 g/mol. The van der Waals surface area contributed by atoms with Gasteiger partial charge in [-0.05, 0) is 12.1 Å². The van der Waals surface area contributed by atoms with Gasteiger partial charge in [-0.3, -0.25) is 0 Å². The average Bonchev–Trinajstić information content (AvgIpc) is 3.15. The molecule has 0 bridgehead atoms. The quantitative estimate of drug-likeness (QED) is 0.920. The van der Waals surface area contributed by atoms with Gasteiger partial charge < -0.3 is 24.1 Å². The molecule has 1 aliphatic rings. The van der Waals surface area contributed by atoms with E-state index in [-0.39, 0.29) is 12.5 Å². The van der Waals surface area contributed by atoms with Crippen LogP contribution < -0.4 is 14.8 Å². The number of hydrogen-bond donors (Lipinski definition) is 1. The van der Waals surface area contributed by atoms with E-state index < -0.39 is 12.1 Å². The number of cyclic esters (lactones) is 1. The minimum atomic E-state index is -0.515. The molecule has 0 spiro atoms. The van der Waals surface area contributed by atoms with Crippen molar-refractivity contribution >= 4 is 17.7 Å². The highest BCUT2D eigenvalue weighted by molar-refractivity contribution is 6.32. The van der Waals surface area contributed by atoms with E-state index in [9.17, 15) is 4.79 Å². The number of ether oxygens (including phenoxy) is 3. The molecule has 1 N–H and O–H groups in total. The number of nitrogens with one attached hydrogen (secondary N) is 1. The van der Waals surface area contributed by atoms with Crippen LogP contribution >= 0.6 is 11.6 Å². The fourth-order valence-corrected chi connectivity index (χ4v) is 2.35. The van der Waals surface area contributed by atoms with E-state index in [4.69, 9.17) is 30.3 Å². The Bertz CT molecular complexity index is 718. The van der Waals surface area contributed by atoms with E-state index in [2.05, 4.69) is 15.5 Å². The standard InChI is InChI=1S/C13H12ClN3O5/c1-19-9-4-6(3-7(14)10(9)20-2)11-16-12(22-17-11)8-5-21-13(18)15-8/h3-4,8H,5H2,1-2H3,(H,15,18)/t8-/m1/s1. The smallest absolute Gasteiger partial charge is 0.407 e. The number of hydrogen-bond acceptors (Lipinski definition) is 7. The molecule has 1 saturated heterocycles. The zero-order valence-electron chi connectivity index (χ0n) is 11.8. The van der Waals surface area contributed by atoms with Crippen LogP contribution in [-0.4, -0.2) is 37.1 Å². The third kappa shape index (κ3) is 2.52. The Morgan fingerprint density at radius 1 is 1.36 bits per heavy atom. The molecule has 1 amide bonds. The molecule has 2 heterocycles. The molecule has 9 heteroatoms. The summed E-state index contributed by atoms with van der Waals surface area (Å²) in [4.78, 5) is 15.3. The number of aromatic nitrogens is 2. The summed E-state index contributed by atoms with van der Waals surface area (Å²) < 4.78 is 20.3. The van der Waals surface area contributed by atoms with Gasteiger partial charge >= 0.3 is 6.09 Å². The third-order valence-corrected chi connectivity index (χ3v) is 3.39. The van der Waals surface area contributed by atoms with Crippen molar-refractivity contribution in [2.45, 2.75) is 6.04 Å². The Balaban J connectivity index is 1.93. The molecule has 22 heavy (non-hydrogen) atoms. The van der Waals surface area contributed by atoms with Gasteiger partial charge in [-0.1, -0.05) is 16.8 Å². The van der Waals surface area contributed by atoms with Crippen molar-refractivity contribution in [2.24, 2.45) is 0 Å². The molecule has 2 aromatic rings. The summed E-state index contributed by atoms with van der Waals surface area (Å²) in [6.45, 7) is 0.146. The van der Waals surface area contributed by atoms with Crippen LogP contribution in [0.25, 0.3) is 11.4 Å². The number of alkyl carbamates (subject to hydrolysis) is 1. The molecule has 0 unspecified atom stereocenters. The number of methoxy groups -OCH3 is 2. The van der Waals surface area contributed by atoms with Crippen LogP contribution in [0.15, 0.2) is 16.7 Å². The molecule has 1 atom stereocenters. The van der Waals surface area contributed by atoms with Crippen molar-refractivity contribution in [1.82, 2.24) is 15.5 Å². The van der Waals surface area contributed by atoms with Gasteiger partial charge in [0.05, 0.1) is 19.2 Å². The number of rotatable bonds is 4. The molecule has 1 aromatic carbocycles. The van der Waals surface area contributed by atoms with E-state index in [1.165, 1.54) is 14.2 Å². The molecule has 0 saturated carbocycles. The van der Waals surface area contributed by atoms with Gasteiger partial charge in [0, 0.05) is 5.56 Å². The van der Waals surface area contributed by atoms with E-state index in [1.807, 2.05) is 0 Å². The fraction of sp³-hybridized carbons (Fsp3) is 0.308. The van der Waals surface area contributed by atoms with Gasteiger partial charge in [0.25, 0.3) is 5.89 Å². The number of carbonyl (C=O) groups is 1. The van der Waals surface area contributed by atoms with Crippen LogP contribution in [0.4, 0.5) is 4.79 Å². The number of amides is 1. The fourth-order valence-electron chi connectivity index (χ4n) is 2.06. The topological polar surface area (TPSA) is 95.7 Å². The highest BCUT2D eigenvalue weighted by Gasteiger charge is 2.29.